The molecule has 7 aliphatic rings. The number of allylic oxidation sites excluding steroid dienone is 2. The van der Waals surface area contributed by atoms with Gasteiger partial charge in [0.15, 0.2) is 0 Å². The molecule has 0 aromatic heterocycles. The Kier molecular flexibility index (Phi) is 15.2. The topological polar surface area (TPSA) is 307 Å². The highest BCUT2D eigenvalue weighted by Crippen LogP contribution is 2.76. The van der Waals surface area contributed by atoms with Gasteiger partial charge in [-0.05, 0) is 104 Å². The number of aliphatic hydroxyl groups is 5. The van der Waals surface area contributed by atoms with Crippen LogP contribution in [0.1, 0.15) is 113 Å². The van der Waals surface area contributed by atoms with Gasteiger partial charge in [0.05, 0.1) is 53.6 Å². The van der Waals surface area contributed by atoms with Crippen LogP contribution < -0.4 is 9.74 Å². The van der Waals surface area contributed by atoms with Crippen molar-refractivity contribution in [2.24, 2.45) is 55.5 Å². The summed E-state index contributed by atoms with van der Waals surface area (Å²) in [4.78, 5) is 59.7. The second-order valence-corrected chi connectivity index (χ2v) is 24.4. The van der Waals surface area contributed by atoms with Crippen molar-refractivity contribution < 1.29 is 69.0 Å². The van der Waals surface area contributed by atoms with E-state index in [1.807, 2.05) is 4.90 Å². The number of anilines is 1. The van der Waals surface area contributed by atoms with E-state index in [4.69, 9.17) is 24.2 Å². The predicted molar refractivity (Wildman–Crippen MR) is 264 cm³/mol. The molecule has 0 spiro atoms. The number of piperazine rings is 1. The Hall–Kier alpha value is -4.78. The van der Waals surface area contributed by atoms with E-state index in [0.717, 1.165) is 62.1 Å². The third-order valence-electron chi connectivity index (χ3n) is 19.8. The van der Waals surface area contributed by atoms with E-state index in [2.05, 4.69) is 59.8 Å². The molecule has 0 bridgehead atoms. The van der Waals surface area contributed by atoms with Crippen LogP contribution in [0.25, 0.3) is 0 Å². The van der Waals surface area contributed by atoms with Crippen LogP contribution in [0.2, 0.25) is 0 Å². The van der Waals surface area contributed by atoms with Crippen LogP contribution in [0.4, 0.5) is 17.1 Å². The third-order valence-corrected chi connectivity index (χ3v) is 19.8. The number of hydrazine groups is 1. The fraction of sp³-hybridized carbons (Fsp3) is 0.804. The molecular formula is C51H77N7O16. The second kappa shape index (κ2) is 20.3. The van der Waals surface area contributed by atoms with Crippen LogP contribution in [-0.4, -0.2) is 159 Å². The fourth-order valence-electron chi connectivity index (χ4n) is 15.2. The van der Waals surface area contributed by atoms with Crippen LogP contribution in [-0.2, 0) is 23.8 Å². The number of aliphatic hydroxyl groups excluding tert-OH is 5. The fourth-order valence-corrected chi connectivity index (χ4v) is 15.2. The molecule has 5 aliphatic carbocycles. The highest BCUT2D eigenvalue weighted by Gasteiger charge is 2.70. The van der Waals surface area contributed by atoms with Crippen molar-refractivity contribution in [3.63, 3.8) is 0 Å². The lowest BCUT2D eigenvalue weighted by Crippen LogP contribution is -2.65. The molecule has 74 heavy (non-hydrogen) atoms. The minimum absolute atomic E-state index is 0.000784. The standard InChI is InChI=1S/C51H77N7O16/c1-46(2)15-17-51(45(65)73-44-43(64)42(63)41(62)36(29-60)71-44)18-16-49(6)30(31(51)27-46)9-10-38-48(5)13-12-39(47(3,4)37(48)11-14-50(38,49)7)72-40(61)28-54-19-21-55(22-20-54)32-26-35(74-52-58(70)53(8)23-24-59)34(57(68)69)25-33(32)56(66)67/h9,25-26,31,36-39,41-44,59-60,62-64H,10-24,27-29H2,1-8H3/b58-52-/t31-,36+,37+,38-,39-,41-,42-,43+,44-,48-,49+,50+,51-/m0/s1. The van der Waals surface area contributed by atoms with Gasteiger partial charge in [0.25, 0.3) is 5.69 Å². The van der Waals surface area contributed by atoms with Gasteiger partial charge in [-0.2, -0.15) is 0 Å². The van der Waals surface area contributed by atoms with Gasteiger partial charge in [-0.25, -0.2) is 0 Å². The van der Waals surface area contributed by atoms with E-state index in [9.17, 15) is 55.5 Å². The van der Waals surface area contributed by atoms with Crippen LogP contribution in [0.3, 0.4) is 0 Å². The minimum Gasteiger partial charge on any atom is -0.569 e. The summed E-state index contributed by atoms with van der Waals surface area (Å²) in [6.07, 6.45) is 2.23. The summed E-state index contributed by atoms with van der Waals surface area (Å²) in [5, 5.41) is 91.3. The number of rotatable bonds is 14. The van der Waals surface area contributed by atoms with Crippen molar-refractivity contribution in [2.75, 3.05) is 64.4 Å². The molecule has 0 radical (unpaired) electrons. The number of esters is 2. The normalized spacial score (nSPS) is 37.7. The van der Waals surface area contributed by atoms with E-state index in [1.54, 1.807) is 4.90 Å². The molecule has 2 heterocycles. The number of nitrogens with zero attached hydrogens (tertiary/aromatic N) is 7. The summed E-state index contributed by atoms with van der Waals surface area (Å²) in [7, 11) is 1.31. The van der Waals surface area contributed by atoms with Gasteiger partial charge in [-0.3, -0.25) is 39.6 Å². The molecule has 2 aliphatic heterocycles. The number of ether oxygens (including phenoxy) is 3. The highest BCUT2D eigenvalue weighted by atomic mass is 16.7. The SMILES string of the molecule is CN(CCO)/[N+]([O-])=N/Oc1cc(N2CCN(CC(=O)O[C@H]3CC[C@@]4(C)[C@H](CC[C@]5(C)[C@H]4CC=C4[C@@H]6CC(C)(C)CC[C@]6(C(=O)O[C@@H]6O[C@H](CO)[C@H](O)[C@H](O)[C@H]6O)CC[C@]45C)C3(C)C)CC2)c([N+](=O)[O-])cc1[N+](=O)[O-]. The molecule has 13 atom stereocenters. The predicted octanol–water partition coefficient (Wildman–Crippen LogP) is 4.78. The Morgan fingerprint density at radius 3 is 2.16 bits per heavy atom. The van der Waals surface area contributed by atoms with Crippen LogP contribution >= 0.6 is 0 Å². The van der Waals surface area contributed by atoms with Crippen LogP contribution in [0.15, 0.2) is 29.1 Å². The second-order valence-electron chi connectivity index (χ2n) is 24.4. The summed E-state index contributed by atoms with van der Waals surface area (Å²) in [5.41, 5.74) is -1.72. The zero-order valence-corrected chi connectivity index (χ0v) is 44.0. The average Bonchev–Trinajstić information content (AvgIpc) is 3.34. The van der Waals surface area contributed by atoms with E-state index in [1.165, 1.54) is 12.6 Å². The first-order valence-corrected chi connectivity index (χ1v) is 26.2. The maximum absolute atomic E-state index is 14.7. The molecule has 1 aromatic carbocycles. The lowest BCUT2D eigenvalue weighted by Gasteiger charge is -2.71. The van der Waals surface area contributed by atoms with Crippen molar-refractivity contribution in [3.05, 3.63) is 49.2 Å². The molecule has 412 valence electrons. The number of carbonyl (C=O) groups is 2. The quantitative estimate of drug-likeness (QED) is 0.0418. The van der Waals surface area contributed by atoms with E-state index < -0.39 is 75.7 Å². The Bertz CT molecular complexity index is 2390. The summed E-state index contributed by atoms with van der Waals surface area (Å²) < 4.78 is 18.1. The number of hydrogen-bond acceptors (Lipinski definition) is 19. The number of likely N-dealkylation sites (N-methyl/N-ethyl adjacent to an activating group) is 1. The van der Waals surface area contributed by atoms with Gasteiger partial charge in [0, 0.05) is 37.7 Å². The first-order valence-electron chi connectivity index (χ1n) is 26.2. The van der Waals surface area contributed by atoms with E-state index in [0.29, 0.717) is 38.3 Å². The molecule has 1 aromatic rings. The van der Waals surface area contributed by atoms with Gasteiger partial charge in [0.2, 0.25) is 17.3 Å². The minimum atomic E-state index is -1.69. The molecule has 5 N–H and O–H groups in total. The van der Waals surface area contributed by atoms with Crippen molar-refractivity contribution in [2.45, 2.75) is 149 Å². The van der Waals surface area contributed by atoms with Gasteiger partial charge in [-0.15, -0.1) is 5.01 Å². The summed E-state index contributed by atoms with van der Waals surface area (Å²) in [5.74, 6) is -0.913. The van der Waals surface area contributed by atoms with Crippen molar-refractivity contribution >= 4 is 29.0 Å². The number of nitro groups is 2. The zero-order valence-electron chi connectivity index (χ0n) is 44.0. The van der Waals surface area contributed by atoms with E-state index in [-0.39, 0.29) is 94.4 Å². The Balaban J connectivity index is 0.938. The van der Waals surface area contributed by atoms with Crippen LogP contribution in [0, 0.1) is 75.7 Å². The van der Waals surface area contributed by atoms with Crippen molar-refractivity contribution in [1.29, 1.82) is 0 Å². The summed E-state index contributed by atoms with van der Waals surface area (Å²) in [6.45, 7) is 16.3. The molecule has 4 saturated carbocycles. The monoisotopic (exact) mass is 1040 g/mol. The maximum Gasteiger partial charge on any atom is 0.321 e. The highest BCUT2D eigenvalue weighted by molar-refractivity contribution is 5.79. The molecule has 2 saturated heterocycles. The van der Waals surface area contributed by atoms with Crippen molar-refractivity contribution in [3.8, 4) is 5.75 Å². The molecule has 6 fully saturated rings. The molecule has 23 nitrogen and oxygen atoms in total. The van der Waals surface area contributed by atoms with Crippen molar-refractivity contribution in [1.82, 2.24) is 9.91 Å². The lowest BCUT2D eigenvalue weighted by atomic mass is 9.33. The number of nitro benzene ring substituents is 2. The van der Waals surface area contributed by atoms with Gasteiger partial charge in [0.1, 0.15) is 42.3 Å². The lowest BCUT2D eigenvalue weighted by molar-refractivity contribution is -0.701. The average molecular weight is 1040 g/mol. The Labute approximate surface area is 431 Å². The molecule has 0 amide bonds. The van der Waals surface area contributed by atoms with E-state index >= 15 is 0 Å². The van der Waals surface area contributed by atoms with Gasteiger partial charge >= 0.3 is 17.6 Å². The molecule has 8 rings (SSSR count). The number of benzene rings is 1. The first-order chi connectivity index (χ1) is 34.7. The molecular weight excluding hydrogens is 967 g/mol. The maximum atomic E-state index is 14.7. The molecule has 23 heteroatoms. The number of fused-ring (bicyclic) bond motifs is 7. The van der Waals surface area contributed by atoms with Gasteiger partial charge in [-0.1, -0.05) is 60.1 Å². The Morgan fingerprint density at radius 2 is 1.51 bits per heavy atom. The third kappa shape index (κ3) is 9.49. The first kappa shape index (κ1) is 55.5. The van der Waals surface area contributed by atoms with Gasteiger partial charge < -0.3 is 49.9 Å². The zero-order chi connectivity index (χ0) is 54.1. The number of carbonyl (C=O) groups excluding carboxylic acids is 2. The smallest absolute Gasteiger partial charge is 0.321 e. The largest absolute Gasteiger partial charge is 0.569 e. The Morgan fingerprint density at radius 1 is 0.838 bits per heavy atom. The number of hydrogen-bond donors (Lipinski definition) is 5. The molecule has 0 unspecified atom stereocenters. The summed E-state index contributed by atoms with van der Waals surface area (Å²) >= 11 is 0. The van der Waals surface area contributed by atoms with Crippen LogP contribution in [0.5, 0.6) is 5.75 Å². The summed E-state index contributed by atoms with van der Waals surface area (Å²) in [6, 6.07) is 1.87.